The Morgan fingerprint density at radius 1 is 1.40 bits per heavy atom. The van der Waals surface area contributed by atoms with Crippen LogP contribution in [-0.2, 0) is 6.18 Å². The Bertz CT molecular complexity index is 376. The highest BCUT2D eigenvalue weighted by Gasteiger charge is 2.35. The largest absolute Gasteiger partial charge is 0.507 e. The van der Waals surface area contributed by atoms with Crippen LogP contribution in [0.3, 0.4) is 0 Å². The maximum atomic E-state index is 12.5. The van der Waals surface area contributed by atoms with E-state index in [1.807, 2.05) is 0 Å². The van der Waals surface area contributed by atoms with Gasteiger partial charge >= 0.3 is 6.18 Å². The fourth-order valence-electron chi connectivity index (χ4n) is 1.20. The highest BCUT2D eigenvalue weighted by Crippen LogP contribution is 2.39. The van der Waals surface area contributed by atoms with E-state index in [2.05, 4.69) is 15.9 Å². The Morgan fingerprint density at radius 3 is 2.33 bits per heavy atom. The molecule has 2 nitrogen and oxygen atoms in total. The number of benzene rings is 1. The van der Waals surface area contributed by atoms with Gasteiger partial charge in [0.25, 0.3) is 0 Å². The van der Waals surface area contributed by atoms with E-state index >= 15 is 0 Å². The topological polar surface area (TPSA) is 46.2 Å². The zero-order chi connectivity index (χ0) is 11.8. The molecule has 3 N–H and O–H groups in total. The zero-order valence-electron chi connectivity index (χ0n) is 7.77. The summed E-state index contributed by atoms with van der Waals surface area (Å²) < 4.78 is 37.8. The molecule has 1 unspecified atom stereocenters. The Kier molecular flexibility index (Phi) is 3.30. The third-order valence-electron chi connectivity index (χ3n) is 1.91. The molecule has 0 aliphatic carbocycles. The molecule has 1 aromatic carbocycles. The molecule has 1 aromatic rings. The second kappa shape index (κ2) is 4.02. The number of hydrogen-bond acceptors (Lipinski definition) is 2. The van der Waals surface area contributed by atoms with E-state index < -0.39 is 23.5 Å². The number of aromatic hydroxyl groups is 1. The molecule has 0 aliphatic rings. The molecule has 0 saturated carbocycles. The van der Waals surface area contributed by atoms with E-state index in [0.29, 0.717) is 6.07 Å². The molecule has 6 heteroatoms. The zero-order valence-corrected chi connectivity index (χ0v) is 9.35. The summed E-state index contributed by atoms with van der Waals surface area (Å²) in [5.74, 6) is -0.452. The lowest BCUT2D eigenvalue weighted by molar-refractivity contribution is -0.138. The first kappa shape index (κ1) is 12.3. The number of phenolic OH excluding ortho intramolecular Hbond substituents is 1. The Balaban J connectivity index is 3.42. The quantitative estimate of drug-likeness (QED) is 0.832. The molecule has 0 spiro atoms. The van der Waals surface area contributed by atoms with Crippen LogP contribution in [0.2, 0.25) is 0 Å². The van der Waals surface area contributed by atoms with E-state index in [1.165, 1.54) is 13.0 Å². The van der Waals surface area contributed by atoms with Crippen molar-refractivity contribution in [2.24, 2.45) is 5.73 Å². The van der Waals surface area contributed by atoms with Crippen LogP contribution in [0.4, 0.5) is 13.2 Å². The molecule has 0 saturated heterocycles. The number of halogens is 4. The standard InChI is InChI=1S/C9H9BrF3NO/c1-4(14)5-2-7(10)8(15)3-6(5)9(11,12)13/h2-4,15H,14H2,1H3. The Hall–Kier alpha value is -0.750. The summed E-state index contributed by atoms with van der Waals surface area (Å²) in [7, 11) is 0. The lowest BCUT2D eigenvalue weighted by Crippen LogP contribution is -2.15. The summed E-state index contributed by atoms with van der Waals surface area (Å²) >= 11 is 2.94. The first-order chi connectivity index (χ1) is 6.73. The van der Waals surface area contributed by atoms with Gasteiger partial charge in [0.15, 0.2) is 0 Å². The molecule has 0 bridgehead atoms. The van der Waals surface area contributed by atoms with E-state index in [0.717, 1.165) is 0 Å². The van der Waals surface area contributed by atoms with Crippen LogP contribution >= 0.6 is 15.9 Å². The number of nitrogens with two attached hydrogens (primary N) is 1. The molecule has 0 aliphatic heterocycles. The van der Waals surface area contributed by atoms with Crippen molar-refractivity contribution in [2.45, 2.75) is 19.1 Å². The van der Waals surface area contributed by atoms with Gasteiger partial charge in [-0.05, 0) is 40.5 Å². The second-order valence-electron chi connectivity index (χ2n) is 3.18. The van der Waals surface area contributed by atoms with Crippen LogP contribution < -0.4 is 5.73 Å². The number of hydrogen-bond donors (Lipinski definition) is 2. The molecule has 0 aromatic heterocycles. The van der Waals surface area contributed by atoms with Crippen LogP contribution in [0.15, 0.2) is 16.6 Å². The molecule has 0 heterocycles. The van der Waals surface area contributed by atoms with Crippen LogP contribution in [-0.4, -0.2) is 5.11 Å². The minimum Gasteiger partial charge on any atom is -0.507 e. The molecule has 0 amide bonds. The van der Waals surface area contributed by atoms with Gasteiger partial charge in [-0.15, -0.1) is 0 Å². The van der Waals surface area contributed by atoms with Gasteiger partial charge in [-0.2, -0.15) is 13.2 Å². The van der Waals surface area contributed by atoms with Crippen molar-refractivity contribution in [3.05, 3.63) is 27.7 Å². The van der Waals surface area contributed by atoms with Gasteiger partial charge in [0.05, 0.1) is 10.0 Å². The van der Waals surface area contributed by atoms with Gasteiger partial charge in [-0.25, -0.2) is 0 Å². The van der Waals surface area contributed by atoms with Crippen molar-refractivity contribution in [1.82, 2.24) is 0 Å². The van der Waals surface area contributed by atoms with Crippen LogP contribution in [0.25, 0.3) is 0 Å². The van der Waals surface area contributed by atoms with Crippen molar-refractivity contribution in [3.8, 4) is 5.75 Å². The van der Waals surface area contributed by atoms with Crippen molar-refractivity contribution in [1.29, 1.82) is 0 Å². The number of alkyl halides is 3. The van der Waals surface area contributed by atoms with E-state index in [9.17, 15) is 18.3 Å². The van der Waals surface area contributed by atoms with E-state index in [-0.39, 0.29) is 10.0 Å². The van der Waals surface area contributed by atoms with Crippen molar-refractivity contribution >= 4 is 15.9 Å². The number of phenols is 1. The van der Waals surface area contributed by atoms with E-state index in [1.54, 1.807) is 0 Å². The SMILES string of the molecule is CC(N)c1cc(Br)c(O)cc1C(F)(F)F. The normalized spacial score (nSPS) is 14.0. The molecule has 0 fully saturated rings. The van der Waals surface area contributed by atoms with Gasteiger partial charge in [-0.1, -0.05) is 0 Å². The molecular weight excluding hydrogens is 275 g/mol. The molecule has 15 heavy (non-hydrogen) atoms. The highest BCUT2D eigenvalue weighted by atomic mass is 79.9. The minimum absolute atomic E-state index is 0.0489. The number of rotatable bonds is 1. The summed E-state index contributed by atoms with van der Waals surface area (Å²) in [6.07, 6.45) is -4.51. The van der Waals surface area contributed by atoms with E-state index in [4.69, 9.17) is 5.73 Å². The van der Waals surface area contributed by atoms with Crippen LogP contribution in [0.1, 0.15) is 24.1 Å². The smallest absolute Gasteiger partial charge is 0.416 e. The van der Waals surface area contributed by atoms with Gasteiger partial charge in [0.2, 0.25) is 0 Å². The maximum absolute atomic E-state index is 12.5. The van der Waals surface area contributed by atoms with Crippen molar-refractivity contribution in [3.63, 3.8) is 0 Å². The Morgan fingerprint density at radius 2 is 1.93 bits per heavy atom. The summed E-state index contributed by atoms with van der Waals surface area (Å²) in [4.78, 5) is 0. The molecule has 1 rings (SSSR count). The minimum atomic E-state index is -4.51. The third kappa shape index (κ3) is 2.63. The van der Waals surface area contributed by atoms with Crippen LogP contribution in [0, 0.1) is 0 Å². The first-order valence-corrected chi connectivity index (χ1v) is 4.88. The highest BCUT2D eigenvalue weighted by molar-refractivity contribution is 9.10. The third-order valence-corrected chi connectivity index (χ3v) is 2.55. The maximum Gasteiger partial charge on any atom is 0.416 e. The second-order valence-corrected chi connectivity index (χ2v) is 4.03. The fourth-order valence-corrected chi connectivity index (χ4v) is 1.56. The molecular formula is C9H9BrF3NO. The first-order valence-electron chi connectivity index (χ1n) is 4.08. The fraction of sp³-hybridized carbons (Fsp3) is 0.333. The molecule has 0 radical (unpaired) electrons. The summed E-state index contributed by atoms with van der Waals surface area (Å²) in [5.41, 5.74) is 4.47. The predicted molar refractivity (Wildman–Crippen MR) is 53.4 cm³/mol. The molecule has 1 atom stereocenters. The van der Waals surface area contributed by atoms with Gasteiger partial charge in [0, 0.05) is 6.04 Å². The lowest BCUT2D eigenvalue weighted by atomic mass is 10.0. The summed E-state index contributed by atoms with van der Waals surface area (Å²) in [6, 6.07) is 1.10. The Labute approximate surface area is 93.0 Å². The lowest BCUT2D eigenvalue weighted by Gasteiger charge is -2.16. The average molecular weight is 284 g/mol. The van der Waals surface area contributed by atoms with Gasteiger partial charge < -0.3 is 10.8 Å². The van der Waals surface area contributed by atoms with Gasteiger partial charge in [0.1, 0.15) is 5.75 Å². The molecule has 84 valence electrons. The summed E-state index contributed by atoms with van der Waals surface area (Å²) in [6.45, 7) is 1.45. The van der Waals surface area contributed by atoms with Crippen molar-refractivity contribution in [2.75, 3.05) is 0 Å². The van der Waals surface area contributed by atoms with Crippen LogP contribution in [0.5, 0.6) is 5.75 Å². The monoisotopic (exact) mass is 283 g/mol. The predicted octanol–water partition coefficient (Wildman–Crippen LogP) is 3.19. The van der Waals surface area contributed by atoms with Gasteiger partial charge in [-0.3, -0.25) is 0 Å². The summed E-state index contributed by atoms with van der Waals surface area (Å²) in [5, 5.41) is 9.18. The average Bonchev–Trinajstić information content (AvgIpc) is 2.06. The van der Waals surface area contributed by atoms with Crippen molar-refractivity contribution < 1.29 is 18.3 Å².